The van der Waals surface area contributed by atoms with Crippen molar-refractivity contribution in [3.05, 3.63) is 54.2 Å². The zero-order valence-corrected chi connectivity index (χ0v) is 11.3. The molecule has 1 amide bonds. The third-order valence-corrected chi connectivity index (χ3v) is 2.88. The first-order valence-electron chi connectivity index (χ1n) is 6.39. The van der Waals surface area contributed by atoms with Crippen LogP contribution < -0.4 is 5.73 Å². The smallest absolute Gasteiger partial charge is 0.289 e. The number of amidine groups is 1. The SMILES string of the molecule is N/C(CCN(Cc1cccnc1)C(=O)c1ccco1)=N/O. The van der Waals surface area contributed by atoms with Gasteiger partial charge in [0.1, 0.15) is 5.84 Å². The van der Waals surface area contributed by atoms with Gasteiger partial charge in [-0.05, 0) is 23.8 Å². The molecule has 2 rings (SSSR count). The van der Waals surface area contributed by atoms with Crippen molar-refractivity contribution in [1.29, 1.82) is 0 Å². The van der Waals surface area contributed by atoms with Gasteiger partial charge in [0.05, 0.1) is 6.26 Å². The number of hydrogen-bond donors (Lipinski definition) is 2. The number of aromatic nitrogens is 1. The predicted molar refractivity (Wildman–Crippen MR) is 75.7 cm³/mol. The summed E-state index contributed by atoms with van der Waals surface area (Å²) < 4.78 is 5.13. The van der Waals surface area contributed by atoms with Crippen LogP contribution in [0.15, 0.2) is 52.5 Å². The fourth-order valence-electron chi connectivity index (χ4n) is 1.82. The van der Waals surface area contributed by atoms with Gasteiger partial charge in [0.2, 0.25) is 0 Å². The second-order valence-electron chi connectivity index (χ2n) is 4.41. The maximum atomic E-state index is 12.4. The fourth-order valence-corrected chi connectivity index (χ4v) is 1.82. The number of hydrogen-bond acceptors (Lipinski definition) is 5. The molecular weight excluding hydrogens is 272 g/mol. The Morgan fingerprint density at radius 3 is 2.90 bits per heavy atom. The van der Waals surface area contributed by atoms with Crippen LogP contribution in [0.25, 0.3) is 0 Å². The van der Waals surface area contributed by atoms with E-state index in [0.717, 1.165) is 5.56 Å². The zero-order valence-electron chi connectivity index (χ0n) is 11.3. The van der Waals surface area contributed by atoms with Crippen LogP contribution in [0.5, 0.6) is 0 Å². The van der Waals surface area contributed by atoms with Gasteiger partial charge in [-0.3, -0.25) is 9.78 Å². The summed E-state index contributed by atoms with van der Waals surface area (Å²) in [4.78, 5) is 18.0. The second kappa shape index (κ2) is 7.09. The Kier molecular flexibility index (Phi) is 4.92. The van der Waals surface area contributed by atoms with Crippen LogP contribution in [-0.2, 0) is 6.54 Å². The van der Waals surface area contributed by atoms with Crippen LogP contribution in [-0.4, -0.2) is 33.4 Å². The number of carbonyl (C=O) groups is 1. The minimum absolute atomic E-state index is 0.0680. The van der Waals surface area contributed by atoms with E-state index in [1.807, 2.05) is 6.07 Å². The Morgan fingerprint density at radius 2 is 2.29 bits per heavy atom. The number of pyridine rings is 1. The summed E-state index contributed by atoms with van der Waals surface area (Å²) in [6, 6.07) is 6.93. The number of rotatable bonds is 6. The van der Waals surface area contributed by atoms with Gasteiger partial charge in [-0.15, -0.1) is 0 Å². The number of nitrogens with zero attached hydrogens (tertiary/aromatic N) is 3. The van der Waals surface area contributed by atoms with Crippen molar-refractivity contribution in [2.75, 3.05) is 6.54 Å². The van der Waals surface area contributed by atoms with E-state index < -0.39 is 0 Å². The summed E-state index contributed by atoms with van der Waals surface area (Å²) in [5, 5.41) is 11.5. The summed E-state index contributed by atoms with van der Waals surface area (Å²) in [5.41, 5.74) is 6.35. The number of amides is 1. The molecule has 0 aliphatic heterocycles. The maximum Gasteiger partial charge on any atom is 0.289 e. The van der Waals surface area contributed by atoms with E-state index in [1.165, 1.54) is 6.26 Å². The molecule has 0 unspecified atom stereocenters. The first kappa shape index (κ1) is 14.6. The molecule has 0 aromatic carbocycles. The fraction of sp³-hybridized carbons (Fsp3) is 0.214. The van der Waals surface area contributed by atoms with Gasteiger partial charge >= 0.3 is 0 Å². The van der Waals surface area contributed by atoms with Crippen molar-refractivity contribution in [3.8, 4) is 0 Å². The lowest BCUT2D eigenvalue weighted by Crippen LogP contribution is -2.33. The normalized spacial score (nSPS) is 11.3. The average molecular weight is 288 g/mol. The molecule has 2 aromatic rings. The Labute approximate surface area is 121 Å². The third-order valence-electron chi connectivity index (χ3n) is 2.88. The van der Waals surface area contributed by atoms with E-state index in [0.29, 0.717) is 13.1 Å². The molecule has 0 aliphatic rings. The summed E-state index contributed by atoms with van der Waals surface area (Å²) in [5.74, 6) is 0.0615. The van der Waals surface area contributed by atoms with Crippen molar-refractivity contribution in [2.24, 2.45) is 10.9 Å². The molecule has 3 N–H and O–H groups in total. The monoisotopic (exact) mass is 288 g/mol. The van der Waals surface area contributed by atoms with Gasteiger partial charge in [-0.25, -0.2) is 0 Å². The Hall–Kier alpha value is -2.83. The number of oxime groups is 1. The minimum atomic E-state index is -0.255. The highest BCUT2D eigenvalue weighted by Gasteiger charge is 2.18. The van der Waals surface area contributed by atoms with Crippen molar-refractivity contribution in [2.45, 2.75) is 13.0 Å². The maximum absolute atomic E-state index is 12.4. The van der Waals surface area contributed by atoms with Gasteiger partial charge in [-0.2, -0.15) is 0 Å². The summed E-state index contributed by atoms with van der Waals surface area (Å²) in [7, 11) is 0. The van der Waals surface area contributed by atoms with Gasteiger partial charge in [-0.1, -0.05) is 11.2 Å². The molecule has 0 atom stereocenters. The van der Waals surface area contributed by atoms with E-state index >= 15 is 0 Å². The van der Waals surface area contributed by atoms with Crippen LogP contribution >= 0.6 is 0 Å². The highest BCUT2D eigenvalue weighted by molar-refractivity contribution is 5.91. The molecule has 2 heterocycles. The zero-order chi connectivity index (χ0) is 15.1. The molecule has 0 saturated heterocycles. The van der Waals surface area contributed by atoms with Crippen LogP contribution in [0.4, 0.5) is 0 Å². The van der Waals surface area contributed by atoms with Crippen molar-refractivity contribution in [3.63, 3.8) is 0 Å². The molecule has 0 saturated carbocycles. The first-order valence-corrected chi connectivity index (χ1v) is 6.39. The highest BCUT2D eigenvalue weighted by Crippen LogP contribution is 2.10. The van der Waals surface area contributed by atoms with E-state index in [9.17, 15) is 4.79 Å². The van der Waals surface area contributed by atoms with E-state index in [1.54, 1.807) is 35.5 Å². The number of furan rings is 1. The van der Waals surface area contributed by atoms with Crippen LogP contribution in [0, 0.1) is 0 Å². The molecule has 7 heteroatoms. The van der Waals surface area contributed by atoms with Gasteiger partial charge in [0.15, 0.2) is 5.76 Å². The lowest BCUT2D eigenvalue weighted by molar-refractivity contribution is 0.0715. The lowest BCUT2D eigenvalue weighted by atomic mass is 10.2. The average Bonchev–Trinajstić information content (AvgIpc) is 3.05. The quantitative estimate of drug-likeness (QED) is 0.362. The largest absolute Gasteiger partial charge is 0.459 e. The van der Waals surface area contributed by atoms with E-state index in [4.69, 9.17) is 15.4 Å². The molecular formula is C14H16N4O3. The van der Waals surface area contributed by atoms with E-state index in [-0.39, 0.29) is 23.9 Å². The van der Waals surface area contributed by atoms with Gasteiger partial charge in [0.25, 0.3) is 5.91 Å². The Balaban J connectivity index is 2.12. The highest BCUT2D eigenvalue weighted by atomic mass is 16.4. The molecule has 0 fully saturated rings. The summed E-state index contributed by atoms with van der Waals surface area (Å²) >= 11 is 0. The van der Waals surface area contributed by atoms with E-state index in [2.05, 4.69) is 10.1 Å². The van der Waals surface area contributed by atoms with Crippen LogP contribution in [0.2, 0.25) is 0 Å². The molecule has 110 valence electrons. The molecule has 21 heavy (non-hydrogen) atoms. The number of carbonyl (C=O) groups excluding carboxylic acids is 1. The second-order valence-corrected chi connectivity index (χ2v) is 4.41. The Bertz CT molecular complexity index is 596. The van der Waals surface area contributed by atoms with Gasteiger partial charge in [0, 0.05) is 31.9 Å². The molecule has 0 spiro atoms. The topological polar surface area (TPSA) is 105 Å². The van der Waals surface area contributed by atoms with Gasteiger partial charge < -0.3 is 20.3 Å². The lowest BCUT2D eigenvalue weighted by Gasteiger charge is -2.21. The molecule has 0 bridgehead atoms. The van der Waals surface area contributed by atoms with Crippen LogP contribution in [0.3, 0.4) is 0 Å². The molecule has 0 radical (unpaired) electrons. The first-order chi connectivity index (χ1) is 10.2. The summed E-state index contributed by atoms with van der Waals surface area (Å²) in [6.07, 6.45) is 5.06. The van der Waals surface area contributed by atoms with Crippen molar-refractivity contribution in [1.82, 2.24) is 9.88 Å². The third kappa shape index (κ3) is 4.07. The molecule has 0 aliphatic carbocycles. The van der Waals surface area contributed by atoms with Crippen LogP contribution in [0.1, 0.15) is 22.5 Å². The standard InChI is InChI=1S/C14H16N4O3/c15-13(17-20)5-7-18(10-11-3-1-6-16-9-11)14(19)12-4-2-8-21-12/h1-4,6,8-9,20H,5,7,10H2,(H2,15,17). The van der Waals surface area contributed by atoms with Crippen molar-refractivity contribution < 1.29 is 14.4 Å². The molecule has 2 aromatic heterocycles. The summed E-state index contributed by atoms with van der Waals surface area (Å²) in [6.45, 7) is 0.677. The molecule has 7 nitrogen and oxygen atoms in total. The Morgan fingerprint density at radius 1 is 1.43 bits per heavy atom. The minimum Gasteiger partial charge on any atom is -0.459 e. The predicted octanol–water partition coefficient (Wildman–Crippen LogP) is 1.45. The van der Waals surface area contributed by atoms with Crippen molar-refractivity contribution >= 4 is 11.7 Å². The number of nitrogens with two attached hydrogens (primary N) is 1.